The van der Waals surface area contributed by atoms with E-state index in [1.807, 2.05) is 11.5 Å². The number of benzene rings is 2. The van der Waals surface area contributed by atoms with Gasteiger partial charge in [-0.2, -0.15) is 4.99 Å². The molecule has 0 aliphatic carbocycles. The van der Waals surface area contributed by atoms with Crippen molar-refractivity contribution in [2.75, 3.05) is 27.3 Å². The summed E-state index contributed by atoms with van der Waals surface area (Å²) in [6.45, 7) is 3.34. The predicted octanol–water partition coefficient (Wildman–Crippen LogP) is 2.87. The predicted molar refractivity (Wildman–Crippen MR) is 113 cm³/mol. The van der Waals surface area contributed by atoms with Gasteiger partial charge in [-0.3, -0.25) is 4.79 Å². The van der Waals surface area contributed by atoms with Crippen LogP contribution in [0.15, 0.2) is 52.4 Å². The lowest BCUT2D eigenvalue weighted by Crippen LogP contribution is -2.22. The third kappa shape index (κ3) is 4.67. The molecule has 0 N–H and O–H groups in total. The van der Waals surface area contributed by atoms with Crippen LogP contribution in [0.1, 0.15) is 17.3 Å². The molecule has 0 fully saturated rings. The number of hydrogen-bond donors (Lipinski definition) is 0. The van der Waals surface area contributed by atoms with Crippen LogP contribution < -0.4 is 4.80 Å². The molecule has 160 valence electrons. The third-order valence-electron chi connectivity index (χ3n) is 4.39. The highest BCUT2D eigenvalue weighted by molar-refractivity contribution is 7.89. The second kappa shape index (κ2) is 9.17. The first-order valence-electron chi connectivity index (χ1n) is 9.22. The molecule has 1 heterocycles. The first kappa shape index (κ1) is 22.3. The van der Waals surface area contributed by atoms with Gasteiger partial charge in [-0.15, -0.1) is 0 Å². The van der Waals surface area contributed by atoms with Crippen LogP contribution in [0.2, 0.25) is 0 Å². The zero-order valence-electron chi connectivity index (χ0n) is 16.8. The molecule has 0 unspecified atom stereocenters. The summed E-state index contributed by atoms with van der Waals surface area (Å²) in [6.07, 6.45) is 0. The van der Waals surface area contributed by atoms with Crippen molar-refractivity contribution in [3.8, 4) is 0 Å². The van der Waals surface area contributed by atoms with E-state index in [1.165, 1.54) is 61.8 Å². The molecule has 1 aromatic heterocycles. The van der Waals surface area contributed by atoms with Crippen molar-refractivity contribution in [3.63, 3.8) is 0 Å². The summed E-state index contributed by atoms with van der Waals surface area (Å²) in [5.74, 6) is -0.878. The maximum Gasteiger partial charge on any atom is 0.279 e. The summed E-state index contributed by atoms with van der Waals surface area (Å²) in [5.41, 5.74) is 1.02. The molecule has 30 heavy (non-hydrogen) atoms. The third-order valence-corrected chi connectivity index (χ3v) is 7.26. The minimum atomic E-state index is -3.58. The van der Waals surface area contributed by atoms with Gasteiger partial charge in [0.1, 0.15) is 5.82 Å². The van der Waals surface area contributed by atoms with Crippen LogP contribution in [-0.2, 0) is 21.3 Å². The van der Waals surface area contributed by atoms with Gasteiger partial charge in [0, 0.05) is 32.8 Å². The normalized spacial score (nSPS) is 12.8. The molecule has 2 aromatic carbocycles. The highest BCUT2D eigenvalue weighted by atomic mass is 32.2. The standard InChI is InChI=1S/C20H22FN3O4S2/c1-4-28-12-11-24-17-10-7-15(21)13-18(17)29-20(24)22-19(25)14-5-8-16(9-6-14)30(26,27)23(2)3/h5-10,13H,4,11-12H2,1-3H3. The van der Waals surface area contributed by atoms with E-state index in [-0.39, 0.29) is 16.3 Å². The minimum Gasteiger partial charge on any atom is -0.380 e. The molecule has 0 aliphatic heterocycles. The fourth-order valence-electron chi connectivity index (χ4n) is 2.78. The quantitative estimate of drug-likeness (QED) is 0.518. The Morgan fingerprint density at radius 1 is 1.20 bits per heavy atom. The maximum atomic E-state index is 13.6. The van der Waals surface area contributed by atoms with E-state index < -0.39 is 15.9 Å². The Balaban J connectivity index is 1.99. The number of rotatable bonds is 7. The lowest BCUT2D eigenvalue weighted by Gasteiger charge is -2.11. The molecule has 0 radical (unpaired) electrons. The van der Waals surface area contributed by atoms with Gasteiger partial charge >= 0.3 is 0 Å². The van der Waals surface area contributed by atoms with Crippen molar-refractivity contribution in [1.82, 2.24) is 8.87 Å². The van der Waals surface area contributed by atoms with Crippen molar-refractivity contribution in [2.45, 2.75) is 18.4 Å². The smallest absolute Gasteiger partial charge is 0.279 e. The first-order valence-corrected chi connectivity index (χ1v) is 11.5. The average molecular weight is 452 g/mol. The molecule has 10 heteroatoms. The van der Waals surface area contributed by atoms with Crippen LogP contribution in [0, 0.1) is 5.82 Å². The number of carbonyl (C=O) groups is 1. The Kier molecular flexibility index (Phi) is 6.81. The van der Waals surface area contributed by atoms with Crippen LogP contribution in [-0.4, -0.2) is 50.5 Å². The molecule has 0 aliphatic rings. The second-order valence-corrected chi connectivity index (χ2v) is 9.73. The van der Waals surface area contributed by atoms with E-state index in [2.05, 4.69) is 4.99 Å². The van der Waals surface area contributed by atoms with Gasteiger partial charge in [-0.05, 0) is 49.4 Å². The summed E-state index contributed by atoms with van der Waals surface area (Å²) in [7, 11) is -0.700. The van der Waals surface area contributed by atoms with Crippen LogP contribution in [0.4, 0.5) is 4.39 Å². The summed E-state index contributed by atoms with van der Waals surface area (Å²) in [4.78, 5) is 17.4. The Morgan fingerprint density at radius 2 is 1.90 bits per heavy atom. The van der Waals surface area contributed by atoms with Gasteiger partial charge in [0.15, 0.2) is 4.80 Å². The Bertz CT molecular complexity index is 1230. The molecule has 0 saturated heterocycles. The van der Waals surface area contributed by atoms with E-state index in [0.29, 0.717) is 29.3 Å². The van der Waals surface area contributed by atoms with Crippen molar-refractivity contribution in [3.05, 3.63) is 58.6 Å². The lowest BCUT2D eigenvalue weighted by molar-refractivity contribution is 0.0996. The zero-order chi connectivity index (χ0) is 21.9. The summed E-state index contributed by atoms with van der Waals surface area (Å²) in [5, 5.41) is 0. The highest BCUT2D eigenvalue weighted by Crippen LogP contribution is 2.19. The molecule has 0 bridgehead atoms. The van der Waals surface area contributed by atoms with E-state index in [9.17, 15) is 17.6 Å². The molecule has 0 atom stereocenters. The maximum absolute atomic E-state index is 13.6. The van der Waals surface area contributed by atoms with E-state index in [4.69, 9.17) is 4.74 Å². The van der Waals surface area contributed by atoms with Gasteiger partial charge in [-0.1, -0.05) is 11.3 Å². The molecule has 3 aromatic rings. The number of hydrogen-bond acceptors (Lipinski definition) is 5. The molecular formula is C20H22FN3O4S2. The molecule has 7 nitrogen and oxygen atoms in total. The fourth-order valence-corrected chi connectivity index (χ4v) is 4.76. The number of fused-ring (bicyclic) bond motifs is 1. The number of aromatic nitrogens is 1. The van der Waals surface area contributed by atoms with Crippen LogP contribution in [0.5, 0.6) is 0 Å². The number of sulfonamides is 1. The largest absolute Gasteiger partial charge is 0.380 e. The number of ether oxygens (including phenoxy) is 1. The number of thiazole rings is 1. The zero-order valence-corrected chi connectivity index (χ0v) is 18.5. The van der Waals surface area contributed by atoms with Crippen molar-refractivity contribution in [2.24, 2.45) is 4.99 Å². The van der Waals surface area contributed by atoms with Gasteiger partial charge in [0.25, 0.3) is 5.91 Å². The minimum absolute atomic E-state index is 0.0909. The molecule has 1 amide bonds. The van der Waals surface area contributed by atoms with Crippen LogP contribution in [0.25, 0.3) is 10.2 Å². The number of halogens is 1. The van der Waals surface area contributed by atoms with E-state index >= 15 is 0 Å². The van der Waals surface area contributed by atoms with Crippen molar-refractivity contribution >= 4 is 37.5 Å². The number of carbonyl (C=O) groups excluding carboxylic acids is 1. The van der Waals surface area contributed by atoms with Crippen molar-refractivity contribution < 1.29 is 22.3 Å². The average Bonchev–Trinajstić information content (AvgIpc) is 3.04. The van der Waals surface area contributed by atoms with Crippen LogP contribution in [0.3, 0.4) is 0 Å². The summed E-state index contributed by atoms with van der Waals surface area (Å²) >= 11 is 1.21. The number of nitrogens with zero attached hydrogens (tertiary/aromatic N) is 3. The molecule has 0 spiro atoms. The SMILES string of the molecule is CCOCCn1c(=NC(=O)c2ccc(S(=O)(=O)N(C)C)cc2)sc2cc(F)ccc21. The Morgan fingerprint density at radius 3 is 2.53 bits per heavy atom. The van der Waals surface area contributed by atoms with Gasteiger partial charge < -0.3 is 9.30 Å². The second-order valence-electron chi connectivity index (χ2n) is 6.57. The highest BCUT2D eigenvalue weighted by Gasteiger charge is 2.17. The van der Waals surface area contributed by atoms with E-state index in [1.54, 1.807) is 6.07 Å². The lowest BCUT2D eigenvalue weighted by atomic mass is 10.2. The molecular weight excluding hydrogens is 429 g/mol. The van der Waals surface area contributed by atoms with Gasteiger partial charge in [0.05, 0.1) is 21.7 Å². The van der Waals surface area contributed by atoms with Crippen molar-refractivity contribution in [1.29, 1.82) is 0 Å². The fraction of sp³-hybridized carbons (Fsp3) is 0.300. The van der Waals surface area contributed by atoms with Gasteiger partial charge in [-0.25, -0.2) is 17.1 Å². The monoisotopic (exact) mass is 451 g/mol. The Hall–Kier alpha value is -2.40. The number of amides is 1. The van der Waals surface area contributed by atoms with Gasteiger partial charge in [0.2, 0.25) is 10.0 Å². The van der Waals surface area contributed by atoms with E-state index in [0.717, 1.165) is 9.82 Å². The van der Waals surface area contributed by atoms with Crippen LogP contribution >= 0.6 is 11.3 Å². The molecule has 0 saturated carbocycles. The summed E-state index contributed by atoms with van der Waals surface area (Å²) < 4.78 is 47.0. The Labute approximate surface area is 178 Å². The topological polar surface area (TPSA) is 81.0 Å². The summed E-state index contributed by atoms with van der Waals surface area (Å²) in [6, 6.07) is 10.0. The first-order chi connectivity index (χ1) is 14.2. The molecule has 3 rings (SSSR count).